The van der Waals surface area contributed by atoms with E-state index < -0.39 is 16.1 Å². The third kappa shape index (κ3) is 4.13. The van der Waals surface area contributed by atoms with Crippen molar-refractivity contribution in [1.29, 1.82) is 0 Å². The smallest absolute Gasteiger partial charge is 0.300 e. The Morgan fingerprint density at radius 1 is 1.32 bits per heavy atom. The molecule has 0 aliphatic rings. The van der Waals surface area contributed by atoms with Gasteiger partial charge in [-0.05, 0) is 24.6 Å². The molecule has 4 N–H and O–H groups in total. The Morgan fingerprint density at radius 3 is 2.88 bits per heavy atom. The van der Waals surface area contributed by atoms with Gasteiger partial charge in [-0.1, -0.05) is 6.07 Å². The number of amides is 1. The molecule has 0 radical (unpaired) electrons. The summed E-state index contributed by atoms with van der Waals surface area (Å²) in [5, 5.41) is 4.29. The summed E-state index contributed by atoms with van der Waals surface area (Å²) in [6, 6.07) is 5.86. The van der Waals surface area contributed by atoms with Crippen LogP contribution in [0.4, 0.5) is 5.13 Å². The molecule has 2 heterocycles. The van der Waals surface area contributed by atoms with Gasteiger partial charge in [0.25, 0.3) is 5.91 Å². The van der Waals surface area contributed by atoms with Crippen LogP contribution < -0.4 is 14.8 Å². The standard InChI is InChI=1S/C14H16N6O3S2/c1-8-3-4-9-10(5-8)18-12(17-9)6-16-13(21)11-7-24-14(19-11)20-25(22,23)15-2/h3-5,7,15H,6H2,1-2H3,(H,16,21)(H,17,18)(H,19,20). The number of fused-ring (bicyclic) bond motifs is 1. The van der Waals surface area contributed by atoms with Crippen LogP contribution in [0.5, 0.6) is 0 Å². The fourth-order valence-corrected chi connectivity index (χ4v) is 3.54. The summed E-state index contributed by atoms with van der Waals surface area (Å²) in [6.07, 6.45) is 0. The summed E-state index contributed by atoms with van der Waals surface area (Å²) in [6.45, 7) is 2.20. The van der Waals surface area contributed by atoms with E-state index in [2.05, 4.69) is 29.7 Å². The number of hydrogen-bond donors (Lipinski definition) is 4. The molecule has 0 spiro atoms. The Morgan fingerprint density at radius 2 is 2.12 bits per heavy atom. The molecule has 0 saturated heterocycles. The number of nitrogens with one attached hydrogen (secondary N) is 4. The zero-order chi connectivity index (χ0) is 18.0. The van der Waals surface area contributed by atoms with Crippen molar-refractivity contribution >= 4 is 43.6 Å². The number of thiazole rings is 1. The van der Waals surface area contributed by atoms with Crippen LogP contribution in [0.3, 0.4) is 0 Å². The van der Waals surface area contributed by atoms with E-state index in [1.54, 1.807) is 0 Å². The number of H-pyrrole nitrogens is 1. The van der Waals surface area contributed by atoms with Crippen LogP contribution in [0, 0.1) is 6.92 Å². The summed E-state index contributed by atoms with van der Waals surface area (Å²) < 4.78 is 27.1. The second-order valence-corrected chi connectivity index (χ2v) is 7.71. The zero-order valence-corrected chi connectivity index (χ0v) is 15.1. The first-order chi connectivity index (χ1) is 11.9. The van der Waals surface area contributed by atoms with Crippen LogP contribution in [0.2, 0.25) is 0 Å². The molecular weight excluding hydrogens is 364 g/mol. The average Bonchev–Trinajstić information content (AvgIpc) is 3.18. The van der Waals surface area contributed by atoms with Crippen molar-refractivity contribution in [2.45, 2.75) is 13.5 Å². The van der Waals surface area contributed by atoms with Crippen LogP contribution in [-0.4, -0.2) is 36.3 Å². The van der Waals surface area contributed by atoms with Gasteiger partial charge in [-0.2, -0.15) is 8.42 Å². The van der Waals surface area contributed by atoms with Crippen molar-refractivity contribution in [2.24, 2.45) is 0 Å². The number of carbonyl (C=O) groups is 1. The van der Waals surface area contributed by atoms with Crippen LogP contribution in [0.25, 0.3) is 11.0 Å². The molecule has 0 aliphatic heterocycles. The van der Waals surface area contributed by atoms with Gasteiger partial charge in [0.2, 0.25) is 0 Å². The Kier molecular flexibility index (Phi) is 4.70. The molecule has 9 nitrogen and oxygen atoms in total. The lowest BCUT2D eigenvalue weighted by atomic mass is 10.2. The molecule has 1 aromatic carbocycles. The van der Waals surface area contributed by atoms with Crippen molar-refractivity contribution in [2.75, 3.05) is 11.8 Å². The number of carbonyl (C=O) groups excluding carboxylic acids is 1. The van der Waals surface area contributed by atoms with E-state index >= 15 is 0 Å². The maximum atomic E-state index is 12.1. The summed E-state index contributed by atoms with van der Waals surface area (Å²) in [5.41, 5.74) is 2.98. The Balaban J connectivity index is 1.65. The predicted molar refractivity (Wildman–Crippen MR) is 95.7 cm³/mol. The molecule has 132 valence electrons. The topological polar surface area (TPSA) is 129 Å². The van der Waals surface area contributed by atoms with Gasteiger partial charge in [0.05, 0.1) is 17.6 Å². The van der Waals surface area contributed by atoms with Gasteiger partial charge in [-0.15, -0.1) is 11.3 Å². The summed E-state index contributed by atoms with van der Waals surface area (Å²) in [4.78, 5) is 23.6. The molecule has 11 heteroatoms. The van der Waals surface area contributed by atoms with Crippen molar-refractivity contribution in [3.05, 3.63) is 40.7 Å². The first kappa shape index (κ1) is 17.3. The molecule has 25 heavy (non-hydrogen) atoms. The van der Waals surface area contributed by atoms with Crippen molar-refractivity contribution in [3.63, 3.8) is 0 Å². The van der Waals surface area contributed by atoms with Gasteiger partial charge < -0.3 is 10.3 Å². The minimum absolute atomic E-state index is 0.110. The van der Waals surface area contributed by atoms with E-state index in [4.69, 9.17) is 0 Å². The number of benzene rings is 1. The fraction of sp³-hybridized carbons (Fsp3) is 0.214. The highest BCUT2D eigenvalue weighted by atomic mass is 32.2. The van der Waals surface area contributed by atoms with Crippen LogP contribution in [0.15, 0.2) is 23.6 Å². The summed E-state index contributed by atoms with van der Waals surface area (Å²) >= 11 is 1.02. The minimum Gasteiger partial charge on any atom is -0.343 e. The second-order valence-electron chi connectivity index (χ2n) is 5.23. The number of nitrogens with zero attached hydrogens (tertiary/aromatic N) is 2. The molecule has 0 atom stereocenters. The molecular formula is C14H16N6O3S2. The van der Waals surface area contributed by atoms with Crippen LogP contribution in [0.1, 0.15) is 21.9 Å². The third-order valence-corrected chi connectivity index (χ3v) is 5.22. The van der Waals surface area contributed by atoms with Gasteiger partial charge in [0.1, 0.15) is 11.5 Å². The summed E-state index contributed by atoms with van der Waals surface area (Å²) in [5.74, 6) is 0.211. The van der Waals surface area contributed by atoms with E-state index in [1.165, 1.54) is 12.4 Å². The number of aromatic nitrogens is 3. The number of imidazole rings is 1. The minimum atomic E-state index is -3.66. The molecule has 0 fully saturated rings. The SMILES string of the molecule is CNS(=O)(=O)Nc1nc(C(=O)NCc2nc3ccc(C)cc3[nH]2)cs1. The highest BCUT2D eigenvalue weighted by Gasteiger charge is 2.14. The first-order valence-corrected chi connectivity index (χ1v) is 9.63. The van der Waals surface area contributed by atoms with E-state index in [-0.39, 0.29) is 17.4 Å². The van der Waals surface area contributed by atoms with Crippen molar-refractivity contribution in [1.82, 2.24) is 25.0 Å². The third-order valence-electron chi connectivity index (χ3n) is 3.33. The van der Waals surface area contributed by atoms with Gasteiger partial charge in [-0.3, -0.25) is 4.79 Å². The fourth-order valence-electron chi connectivity index (χ4n) is 2.11. The molecule has 3 rings (SSSR count). The highest BCUT2D eigenvalue weighted by molar-refractivity contribution is 7.91. The summed E-state index contributed by atoms with van der Waals surface area (Å²) in [7, 11) is -2.38. The largest absolute Gasteiger partial charge is 0.343 e. The Hall–Kier alpha value is -2.50. The molecule has 0 saturated carbocycles. The zero-order valence-electron chi connectivity index (χ0n) is 13.5. The molecule has 2 aromatic heterocycles. The van der Waals surface area contributed by atoms with Gasteiger partial charge in [0, 0.05) is 12.4 Å². The maximum Gasteiger partial charge on any atom is 0.300 e. The molecule has 3 aromatic rings. The van der Waals surface area contributed by atoms with Crippen LogP contribution >= 0.6 is 11.3 Å². The van der Waals surface area contributed by atoms with E-state index in [0.717, 1.165) is 27.9 Å². The molecule has 0 aliphatic carbocycles. The lowest BCUT2D eigenvalue weighted by Gasteiger charge is -2.02. The Labute approximate surface area is 148 Å². The van der Waals surface area contributed by atoms with Crippen molar-refractivity contribution in [3.8, 4) is 0 Å². The van der Waals surface area contributed by atoms with Gasteiger partial charge in [0.15, 0.2) is 5.13 Å². The van der Waals surface area contributed by atoms with Gasteiger partial charge in [-0.25, -0.2) is 19.4 Å². The van der Waals surface area contributed by atoms with Crippen molar-refractivity contribution < 1.29 is 13.2 Å². The average molecular weight is 380 g/mol. The monoisotopic (exact) mass is 380 g/mol. The lowest BCUT2D eigenvalue weighted by Crippen LogP contribution is -2.26. The lowest BCUT2D eigenvalue weighted by molar-refractivity contribution is 0.0945. The van der Waals surface area contributed by atoms with Gasteiger partial charge >= 0.3 is 10.2 Å². The number of hydrogen-bond acceptors (Lipinski definition) is 6. The molecule has 0 bridgehead atoms. The van der Waals surface area contributed by atoms with E-state index in [9.17, 15) is 13.2 Å². The molecule has 1 amide bonds. The highest BCUT2D eigenvalue weighted by Crippen LogP contribution is 2.17. The quantitative estimate of drug-likeness (QED) is 0.510. The Bertz CT molecular complexity index is 1020. The first-order valence-electron chi connectivity index (χ1n) is 7.26. The maximum absolute atomic E-state index is 12.1. The molecule has 0 unspecified atom stereocenters. The normalized spacial score (nSPS) is 11.6. The second kappa shape index (κ2) is 6.78. The van der Waals surface area contributed by atoms with Crippen LogP contribution in [-0.2, 0) is 16.8 Å². The van der Waals surface area contributed by atoms with E-state index in [1.807, 2.05) is 25.1 Å². The number of aromatic amines is 1. The number of rotatable bonds is 6. The number of anilines is 1. The van der Waals surface area contributed by atoms with E-state index in [0.29, 0.717) is 5.82 Å². The predicted octanol–water partition coefficient (Wildman–Crippen LogP) is 1.13. The number of aryl methyl sites for hydroxylation is 1.